The van der Waals surface area contributed by atoms with Gasteiger partial charge in [0.1, 0.15) is 0 Å². The number of hydrogen-bond acceptors (Lipinski definition) is 0. The first-order chi connectivity index (χ1) is 12.4. The average Bonchev–Trinajstić information content (AvgIpc) is 3.04. The van der Waals surface area contributed by atoms with Crippen LogP contribution in [0.3, 0.4) is 0 Å². The van der Waals surface area contributed by atoms with E-state index in [9.17, 15) is 0 Å². The maximum Gasteiger partial charge on any atom is 0.0465 e. The standard InChI is InChI=1S/C24H19N/c1-2-9-20-18(6-1)7-5-8-19(20)14-12-17-13-15-24-22(16-17)21-10-3-4-11-23(21)25-24/h1-11,13,15-16,25H,12,14H2. The van der Waals surface area contributed by atoms with E-state index in [0.29, 0.717) is 0 Å². The van der Waals surface area contributed by atoms with Crippen molar-refractivity contribution in [1.82, 2.24) is 4.98 Å². The molecule has 5 aromatic rings. The predicted octanol–water partition coefficient (Wildman–Crippen LogP) is 6.26. The summed E-state index contributed by atoms with van der Waals surface area (Å²) in [5.41, 5.74) is 5.25. The lowest BCUT2D eigenvalue weighted by Gasteiger charge is -2.07. The summed E-state index contributed by atoms with van der Waals surface area (Å²) in [6.45, 7) is 0. The molecule has 0 fully saturated rings. The molecule has 0 unspecified atom stereocenters. The van der Waals surface area contributed by atoms with E-state index in [-0.39, 0.29) is 0 Å². The van der Waals surface area contributed by atoms with Crippen LogP contribution in [0.4, 0.5) is 0 Å². The molecule has 0 spiro atoms. The van der Waals surface area contributed by atoms with E-state index in [0.717, 1.165) is 12.8 Å². The molecule has 0 aliphatic carbocycles. The maximum atomic E-state index is 3.50. The first kappa shape index (κ1) is 14.3. The molecule has 25 heavy (non-hydrogen) atoms. The van der Waals surface area contributed by atoms with Gasteiger partial charge in [0.25, 0.3) is 0 Å². The van der Waals surface area contributed by atoms with Gasteiger partial charge in [0.05, 0.1) is 0 Å². The summed E-state index contributed by atoms with van der Waals surface area (Å²) in [6.07, 6.45) is 2.12. The molecule has 4 aromatic carbocycles. The van der Waals surface area contributed by atoms with Crippen molar-refractivity contribution in [3.63, 3.8) is 0 Å². The van der Waals surface area contributed by atoms with Crippen LogP contribution in [-0.4, -0.2) is 4.98 Å². The number of fused-ring (bicyclic) bond motifs is 4. The normalized spacial score (nSPS) is 11.5. The van der Waals surface area contributed by atoms with Crippen LogP contribution in [0.15, 0.2) is 84.9 Å². The van der Waals surface area contributed by atoms with Crippen LogP contribution in [-0.2, 0) is 12.8 Å². The van der Waals surface area contributed by atoms with Gasteiger partial charge < -0.3 is 4.98 Å². The summed E-state index contributed by atoms with van der Waals surface area (Å²) >= 11 is 0. The van der Waals surface area contributed by atoms with Gasteiger partial charge in [-0.1, -0.05) is 66.7 Å². The fourth-order valence-corrected chi connectivity index (χ4v) is 3.84. The number of aryl methyl sites for hydroxylation is 2. The van der Waals surface area contributed by atoms with Crippen LogP contribution in [0.25, 0.3) is 32.6 Å². The van der Waals surface area contributed by atoms with Crippen molar-refractivity contribution >= 4 is 32.6 Å². The van der Waals surface area contributed by atoms with Crippen LogP contribution >= 0.6 is 0 Å². The molecule has 0 aliphatic heterocycles. The Morgan fingerprint density at radius 3 is 2.28 bits per heavy atom. The van der Waals surface area contributed by atoms with Crippen molar-refractivity contribution in [2.45, 2.75) is 12.8 Å². The Hall–Kier alpha value is -3.06. The Bertz CT molecular complexity index is 1190. The van der Waals surface area contributed by atoms with Gasteiger partial charge in [-0.15, -0.1) is 0 Å². The predicted molar refractivity (Wildman–Crippen MR) is 107 cm³/mol. The molecular weight excluding hydrogens is 302 g/mol. The van der Waals surface area contributed by atoms with Crippen LogP contribution < -0.4 is 0 Å². The summed E-state index contributed by atoms with van der Waals surface area (Å²) in [6, 6.07) is 30.6. The minimum Gasteiger partial charge on any atom is -0.355 e. The van der Waals surface area contributed by atoms with Crippen LogP contribution in [0.5, 0.6) is 0 Å². The van der Waals surface area contributed by atoms with Crippen LogP contribution in [0, 0.1) is 0 Å². The van der Waals surface area contributed by atoms with Gasteiger partial charge in [0, 0.05) is 21.8 Å². The number of aromatic amines is 1. The molecule has 1 aromatic heterocycles. The van der Waals surface area contributed by atoms with Crippen molar-refractivity contribution in [1.29, 1.82) is 0 Å². The van der Waals surface area contributed by atoms with E-state index in [4.69, 9.17) is 0 Å². The van der Waals surface area contributed by atoms with E-state index >= 15 is 0 Å². The monoisotopic (exact) mass is 321 g/mol. The molecular formula is C24H19N. The highest BCUT2D eigenvalue weighted by molar-refractivity contribution is 6.07. The Labute approximate surface area is 146 Å². The summed E-state index contributed by atoms with van der Waals surface area (Å²) < 4.78 is 0. The zero-order valence-electron chi connectivity index (χ0n) is 14.0. The van der Waals surface area contributed by atoms with E-state index < -0.39 is 0 Å². The van der Waals surface area contributed by atoms with Crippen LogP contribution in [0.1, 0.15) is 11.1 Å². The summed E-state index contributed by atoms with van der Waals surface area (Å²) in [5, 5.41) is 5.33. The third-order valence-electron chi connectivity index (χ3n) is 5.13. The zero-order valence-corrected chi connectivity index (χ0v) is 14.0. The summed E-state index contributed by atoms with van der Waals surface area (Å²) in [5.74, 6) is 0. The first-order valence-electron chi connectivity index (χ1n) is 8.84. The molecule has 0 atom stereocenters. The number of rotatable bonds is 3. The van der Waals surface area contributed by atoms with Gasteiger partial charge in [-0.2, -0.15) is 0 Å². The van der Waals surface area contributed by atoms with E-state index in [1.54, 1.807) is 0 Å². The Morgan fingerprint density at radius 2 is 1.32 bits per heavy atom. The van der Waals surface area contributed by atoms with Gasteiger partial charge in [-0.3, -0.25) is 0 Å². The summed E-state index contributed by atoms with van der Waals surface area (Å²) in [7, 11) is 0. The van der Waals surface area contributed by atoms with Gasteiger partial charge in [-0.05, 0) is 52.9 Å². The van der Waals surface area contributed by atoms with Crippen molar-refractivity contribution in [2.24, 2.45) is 0 Å². The average molecular weight is 321 g/mol. The van der Waals surface area contributed by atoms with Crippen molar-refractivity contribution in [2.75, 3.05) is 0 Å². The molecule has 0 saturated carbocycles. The van der Waals surface area contributed by atoms with Crippen molar-refractivity contribution in [3.8, 4) is 0 Å². The van der Waals surface area contributed by atoms with E-state index in [2.05, 4.69) is 89.9 Å². The molecule has 1 nitrogen and oxygen atoms in total. The smallest absolute Gasteiger partial charge is 0.0465 e. The van der Waals surface area contributed by atoms with Gasteiger partial charge in [0.2, 0.25) is 0 Å². The van der Waals surface area contributed by atoms with Gasteiger partial charge in [0.15, 0.2) is 0 Å². The maximum absolute atomic E-state index is 3.50. The molecule has 120 valence electrons. The molecule has 0 bridgehead atoms. The number of benzene rings is 4. The lowest BCUT2D eigenvalue weighted by Crippen LogP contribution is -1.92. The first-order valence-corrected chi connectivity index (χ1v) is 8.84. The molecule has 1 N–H and O–H groups in total. The van der Waals surface area contributed by atoms with Crippen LogP contribution in [0.2, 0.25) is 0 Å². The van der Waals surface area contributed by atoms with Gasteiger partial charge in [-0.25, -0.2) is 0 Å². The second-order valence-corrected chi connectivity index (χ2v) is 6.69. The molecule has 1 heteroatoms. The molecule has 1 heterocycles. The Kier molecular flexibility index (Phi) is 3.31. The molecule has 0 aliphatic rings. The lowest BCUT2D eigenvalue weighted by molar-refractivity contribution is 0.971. The second-order valence-electron chi connectivity index (χ2n) is 6.69. The molecule has 0 amide bonds. The summed E-state index contributed by atoms with van der Waals surface area (Å²) in [4.78, 5) is 3.50. The minimum atomic E-state index is 1.06. The molecule has 0 saturated heterocycles. The van der Waals surface area contributed by atoms with E-state index in [1.165, 1.54) is 43.7 Å². The highest BCUT2D eigenvalue weighted by Crippen LogP contribution is 2.27. The van der Waals surface area contributed by atoms with E-state index in [1.807, 2.05) is 0 Å². The topological polar surface area (TPSA) is 15.8 Å². The Morgan fingerprint density at radius 1 is 0.560 bits per heavy atom. The fourth-order valence-electron chi connectivity index (χ4n) is 3.84. The van der Waals surface area contributed by atoms with Crippen molar-refractivity contribution < 1.29 is 0 Å². The minimum absolute atomic E-state index is 1.06. The Balaban J connectivity index is 1.50. The van der Waals surface area contributed by atoms with Gasteiger partial charge >= 0.3 is 0 Å². The van der Waals surface area contributed by atoms with Crippen molar-refractivity contribution in [3.05, 3.63) is 96.1 Å². The highest BCUT2D eigenvalue weighted by atomic mass is 14.7. The SMILES string of the molecule is c1ccc2c(CCc3ccc4[nH]c5ccccc5c4c3)cccc2c1. The third kappa shape index (κ3) is 2.49. The number of hydrogen-bond donors (Lipinski definition) is 1. The zero-order chi connectivity index (χ0) is 16.6. The fraction of sp³-hybridized carbons (Fsp3) is 0.0833. The largest absolute Gasteiger partial charge is 0.355 e. The number of aromatic nitrogens is 1. The number of para-hydroxylation sites is 1. The molecule has 5 rings (SSSR count). The quantitative estimate of drug-likeness (QED) is 0.404. The second kappa shape index (κ2) is 5.78. The molecule has 0 radical (unpaired) electrons. The third-order valence-corrected chi connectivity index (χ3v) is 5.13. The lowest BCUT2D eigenvalue weighted by atomic mass is 9.98. The number of H-pyrrole nitrogens is 1. The highest BCUT2D eigenvalue weighted by Gasteiger charge is 2.06. The number of nitrogens with one attached hydrogen (secondary N) is 1.